The van der Waals surface area contributed by atoms with Crippen molar-refractivity contribution >= 4 is 52.2 Å². The van der Waals surface area contributed by atoms with Gasteiger partial charge in [-0.15, -0.1) is 0 Å². The minimum Gasteiger partial charge on any atom is -0.503 e. The standard InChI is InChI=1S/C21H16ClF3N2O6S/c1-32-14-4-3-11(21(23,24)25)8-13(14)26-17(28)9-27-19(30)16(34-20(27)31)7-10-5-12(22)18(29)15(6-10)33-2/h3-8,29H,9H2,1-2H3,(H,26,28). The van der Waals surface area contributed by atoms with Gasteiger partial charge in [0.1, 0.15) is 12.3 Å². The number of thioether (sulfide) groups is 1. The van der Waals surface area contributed by atoms with Gasteiger partial charge in [0.15, 0.2) is 11.5 Å². The Labute approximate surface area is 200 Å². The number of alkyl halides is 3. The second kappa shape index (κ2) is 9.85. The number of nitrogens with one attached hydrogen (secondary N) is 1. The fourth-order valence-corrected chi connectivity index (χ4v) is 3.99. The van der Waals surface area contributed by atoms with Gasteiger partial charge in [-0.1, -0.05) is 11.6 Å². The average molecular weight is 517 g/mol. The molecule has 1 saturated heterocycles. The van der Waals surface area contributed by atoms with E-state index in [1.54, 1.807) is 0 Å². The number of imide groups is 1. The van der Waals surface area contributed by atoms with Crippen molar-refractivity contribution < 1.29 is 42.1 Å². The Hall–Kier alpha value is -3.38. The van der Waals surface area contributed by atoms with Crippen molar-refractivity contribution in [1.29, 1.82) is 0 Å². The lowest BCUT2D eigenvalue weighted by molar-refractivity contribution is -0.137. The number of carbonyl (C=O) groups is 3. The van der Waals surface area contributed by atoms with Crippen LogP contribution in [0.5, 0.6) is 17.2 Å². The molecule has 0 saturated carbocycles. The molecule has 0 atom stereocenters. The summed E-state index contributed by atoms with van der Waals surface area (Å²) in [5, 5.41) is 11.3. The summed E-state index contributed by atoms with van der Waals surface area (Å²) in [6.07, 6.45) is -3.32. The molecule has 2 N–H and O–H groups in total. The molecule has 1 fully saturated rings. The first-order valence-corrected chi connectivity index (χ1v) is 10.5. The minimum absolute atomic E-state index is 0.0294. The summed E-state index contributed by atoms with van der Waals surface area (Å²) in [4.78, 5) is 38.0. The fraction of sp³-hybridized carbons (Fsp3) is 0.190. The van der Waals surface area contributed by atoms with Crippen molar-refractivity contribution in [1.82, 2.24) is 4.90 Å². The van der Waals surface area contributed by atoms with Crippen LogP contribution in [0.1, 0.15) is 11.1 Å². The molecule has 13 heteroatoms. The quantitative estimate of drug-likeness (QED) is 0.533. The third-order valence-electron chi connectivity index (χ3n) is 4.54. The third-order valence-corrected chi connectivity index (χ3v) is 5.74. The summed E-state index contributed by atoms with van der Waals surface area (Å²) in [6.45, 7) is -0.735. The van der Waals surface area contributed by atoms with Crippen molar-refractivity contribution in [2.24, 2.45) is 0 Å². The van der Waals surface area contributed by atoms with E-state index < -0.39 is 35.3 Å². The van der Waals surface area contributed by atoms with E-state index in [0.717, 1.165) is 12.1 Å². The summed E-state index contributed by atoms with van der Waals surface area (Å²) in [7, 11) is 2.52. The Kier molecular flexibility index (Phi) is 7.32. The topological polar surface area (TPSA) is 105 Å². The van der Waals surface area contributed by atoms with Gasteiger partial charge in [0.25, 0.3) is 11.1 Å². The average Bonchev–Trinajstić information content (AvgIpc) is 3.02. The number of anilines is 1. The van der Waals surface area contributed by atoms with Gasteiger partial charge < -0.3 is 19.9 Å². The summed E-state index contributed by atoms with van der Waals surface area (Å²) in [6, 6.07) is 5.26. The molecular weight excluding hydrogens is 501 g/mol. The maximum atomic E-state index is 13.0. The zero-order valence-electron chi connectivity index (χ0n) is 17.5. The van der Waals surface area contributed by atoms with E-state index in [9.17, 15) is 32.7 Å². The zero-order chi connectivity index (χ0) is 25.2. The van der Waals surface area contributed by atoms with Gasteiger partial charge in [0.2, 0.25) is 5.91 Å². The van der Waals surface area contributed by atoms with Crippen molar-refractivity contribution in [3.8, 4) is 17.2 Å². The number of aromatic hydroxyl groups is 1. The predicted octanol–water partition coefficient (Wildman–Crippen LogP) is 4.76. The molecule has 3 rings (SSSR count). The summed E-state index contributed by atoms with van der Waals surface area (Å²) in [5.41, 5.74) is -0.931. The van der Waals surface area contributed by atoms with Gasteiger partial charge in [-0.05, 0) is 53.7 Å². The third kappa shape index (κ3) is 5.39. The number of phenols is 1. The first-order valence-electron chi connectivity index (χ1n) is 9.31. The van der Waals surface area contributed by atoms with Crippen LogP contribution in [-0.2, 0) is 15.8 Å². The van der Waals surface area contributed by atoms with Crippen LogP contribution in [0.4, 0.5) is 23.7 Å². The number of carbonyl (C=O) groups excluding carboxylic acids is 3. The van der Waals surface area contributed by atoms with E-state index in [1.807, 2.05) is 0 Å². The van der Waals surface area contributed by atoms with E-state index in [4.69, 9.17) is 21.1 Å². The molecule has 2 aromatic rings. The van der Waals surface area contributed by atoms with Crippen LogP contribution in [0.2, 0.25) is 5.02 Å². The number of hydrogen-bond donors (Lipinski definition) is 2. The van der Waals surface area contributed by atoms with Crippen LogP contribution in [0.3, 0.4) is 0 Å². The van der Waals surface area contributed by atoms with Crippen molar-refractivity contribution in [2.75, 3.05) is 26.1 Å². The van der Waals surface area contributed by atoms with Gasteiger partial charge >= 0.3 is 6.18 Å². The lowest BCUT2D eigenvalue weighted by Crippen LogP contribution is -2.36. The lowest BCUT2D eigenvalue weighted by atomic mass is 10.1. The molecule has 0 bridgehead atoms. The summed E-state index contributed by atoms with van der Waals surface area (Å²) < 4.78 is 48.9. The highest BCUT2D eigenvalue weighted by Crippen LogP contribution is 2.38. The van der Waals surface area contributed by atoms with Crippen LogP contribution in [0.15, 0.2) is 35.2 Å². The number of halogens is 4. The fourth-order valence-electron chi connectivity index (χ4n) is 2.94. The molecule has 0 unspecified atom stereocenters. The molecule has 34 heavy (non-hydrogen) atoms. The molecular formula is C21H16ClF3N2O6S. The largest absolute Gasteiger partial charge is 0.503 e. The summed E-state index contributed by atoms with van der Waals surface area (Å²) in [5.74, 6) is -1.98. The second-order valence-corrected chi connectivity index (χ2v) is 8.18. The molecule has 8 nitrogen and oxygen atoms in total. The number of hydrogen-bond acceptors (Lipinski definition) is 7. The van der Waals surface area contributed by atoms with Gasteiger partial charge in [0.05, 0.1) is 35.4 Å². The molecule has 1 heterocycles. The van der Waals surface area contributed by atoms with E-state index in [2.05, 4.69) is 5.32 Å². The van der Waals surface area contributed by atoms with Crippen LogP contribution in [0.25, 0.3) is 6.08 Å². The Morgan fingerprint density at radius 2 is 1.85 bits per heavy atom. The molecule has 1 aliphatic rings. The number of amides is 3. The first kappa shape index (κ1) is 25.2. The minimum atomic E-state index is -4.65. The Morgan fingerprint density at radius 3 is 2.47 bits per heavy atom. The van der Waals surface area contributed by atoms with Crippen LogP contribution in [-0.4, -0.2) is 47.8 Å². The normalized spacial score (nSPS) is 15.1. The Balaban J connectivity index is 1.78. The first-order chi connectivity index (χ1) is 15.9. The molecule has 0 aliphatic carbocycles. The molecule has 3 amide bonds. The van der Waals surface area contributed by atoms with Gasteiger partial charge in [-0.2, -0.15) is 13.2 Å². The number of ether oxygens (including phenoxy) is 2. The van der Waals surface area contributed by atoms with Crippen LogP contribution in [0, 0.1) is 0 Å². The molecule has 0 radical (unpaired) electrons. The van der Waals surface area contributed by atoms with Crippen molar-refractivity contribution in [3.63, 3.8) is 0 Å². The number of phenolic OH excluding ortho intramolecular Hbond substituents is 1. The van der Waals surface area contributed by atoms with E-state index in [-0.39, 0.29) is 32.9 Å². The molecule has 0 spiro atoms. The van der Waals surface area contributed by atoms with Crippen LogP contribution >= 0.6 is 23.4 Å². The smallest absolute Gasteiger partial charge is 0.416 e. The number of nitrogens with zero attached hydrogens (tertiary/aromatic N) is 1. The number of benzene rings is 2. The number of methoxy groups -OCH3 is 2. The van der Waals surface area contributed by atoms with E-state index >= 15 is 0 Å². The highest BCUT2D eigenvalue weighted by Gasteiger charge is 2.37. The monoisotopic (exact) mass is 516 g/mol. The Morgan fingerprint density at radius 1 is 1.18 bits per heavy atom. The maximum Gasteiger partial charge on any atom is 0.416 e. The lowest BCUT2D eigenvalue weighted by Gasteiger charge is -2.16. The molecule has 0 aromatic heterocycles. The summed E-state index contributed by atoms with van der Waals surface area (Å²) >= 11 is 6.49. The Bertz CT molecular complexity index is 1200. The highest BCUT2D eigenvalue weighted by atomic mass is 35.5. The van der Waals surface area contributed by atoms with Crippen LogP contribution < -0.4 is 14.8 Å². The van der Waals surface area contributed by atoms with Gasteiger partial charge in [0, 0.05) is 0 Å². The van der Waals surface area contributed by atoms with Gasteiger partial charge in [-0.3, -0.25) is 19.3 Å². The van der Waals surface area contributed by atoms with Crippen molar-refractivity contribution in [3.05, 3.63) is 51.4 Å². The van der Waals surface area contributed by atoms with Gasteiger partial charge in [-0.25, -0.2) is 0 Å². The maximum absolute atomic E-state index is 13.0. The second-order valence-electron chi connectivity index (χ2n) is 6.78. The molecule has 180 valence electrons. The molecule has 2 aromatic carbocycles. The highest BCUT2D eigenvalue weighted by molar-refractivity contribution is 8.18. The SMILES string of the molecule is COc1ccc(C(F)(F)F)cc1NC(=O)CN1C(=O)SC(=Cc2cc(Cl)c(O)c(OC)c2)C1=O. The van der Waals surface area contributed by atoms with E-state index in [1.165, 1.54) is 32.4 Å². The zero-order valence-corrected chi connectivity index (χ0v) is 19.1. The predicted molar refractivity (Wildman–Crippen MR) is 119 cm³/mol. The van der Waals surface area contributed by atoms with E-state index in [0.29, 0.717) is 28.3 Å². The number of rotatable bonds is 6. The molecule has 1 aliphatic heterocycles. The van der Waals surface area contributed by atoms with Crippen molar-refractivity contribution in [2.45, 2.75) is 6.18 Å².